The van der Waals surface area contributed by atoms with Gasteiger partial charge in [-0.15, -0.1) is 0 Å². The van der Waals surface area contributed by atoms with Crippen LogP contribution in [0.4, 0.5) is 5.82 Å². The largest absolute Gasteiger partial charge is 0.263 e. The van der Waals surface area contributed by atoms with E-state index in [2.05, 4.69) is 14.7 Å². The maximum atomic E-state index is 12.1. The van der Waals surface area contributed by atoms with Crippen molar-refractivity contribution in [1.29, 1.82) is 5.26 Å². The van der Waals surface area contributed by atoms with Crippen molar-refractivity contribution in [1.82, 2.24) is 9.97 Å². The third kappa shape index (κ3) is 3.36. The quantitative estimate of drug-likeness (QED) is 0.689. The molecule has 0 amide bonds. The number of nitrogens with one attached hydrogen (secondary N) is 1. The van der Waals surface area contributed by atoms with Crippen LogP contribution in [0.5, 0.6) is 0 Å². The Bertz CT molecular complexity index is 765. The van der Waals surface area contributed by atoms with E-state index in [0.717, 1.165) is 0 Å². The zero-order valence-electron chi connectivity index (χ0n) is 9.71. The average molecular weight is 329 g/mol. The van der Waals surface area contributed by atoms with Crippen LogP contribution in [0, 0.1) is 11.3 Å². The van der Waals surface area contributed by atoms with Gasteiger partial charge in [0.15, 0.2) is 0 Å². The molecule has 0 aliphatic carbocycles. The van der Waals surface area contributed by atoms with Crippen molar-refractivity contribution in [2.45, 2.75) is 4.90 Å². The van der Waals surface area contributed by atoms with Crippen LogP contribution in [0.2, 0.25) is 10.4 Å². The first-order chi connectivity index (χ1) is 9.40. The van der Waals surface area contributed by atoms with Crippen molar-refractivity contribution >= 4 is 39.0 Å². The zero-order chi connectivity index (χ0) is 14.8. The van der Waals surface area contributed by atoms with Gasteiger partial charge < -0.3 is 0 Å². The first-order valence-corrected chi connectivity index (χ1v) is 7.38. The van der Waals surface area contributed by atoms with Crippen LogP contribution in [0.15, 0.2) is 35.2 Å². The lowest BCUT2D eigenvalue weighted by Crippen LogP contribution is -2.14. The predicted molar refractivity (Wildman–Crippen MR) is 74.0 cm³/mol. The highest BCUT2D eigenvalue weighted by molar-refractivity contribution is 7.92. The maximum Gasteiger partial charge on any atom is 0.263 e. The second kappa shape index (κ2) is 5.63. The number of sulfonamides is 1. The zero-order valence-corrected chi connectivity index (χ0v) is 12.0. The molecule has 0 bridgehead atoms. The Morgan fingerprint density at radius 3 is 2.35 bits per heavy atom. The highest BCUT2D eigenvalue weighted by Crippen LogP contribution is 2.18. The second-order valence-electron chi connectivity index (χ2n) is 3.59. The summed E-state index contributed by atoms with van der Waals surface area (Å²) in [6.45, 7) is 0. The number of rotatable bonds is 3. The lowest BCUT2D eigenvalue weighted by molar-refractivity contribution is 0.601. The van der Waals surface area contributed by atoms with Gasteiger partial charge in [-0.3, -0.25) is 4.72 Å². The Morgan fingerprint density at radius 2 is 1.80 bits per heavy atom. The van der Waals surface area contributed by atoms with E-state index in [0.29, 0.717) is 5.56 Å². The van der Waals surface area contributed by atoms with Crippen LogP contribution in [0.3, 0.4) is 0 Å². The fourth-order valence-corrected chi connectivity index (χ4v) is 2.75. The average Bonchev–Trinajstić information content (AvgIpc) is 2.37. The van der Waals surface area contributed by atoms with Gasteiger partial charge in [-0.05, 0) is 35.9 Å². The number of halogens is 2. The minimum Gasteiger partial charge on any atom is -0.263 e. The molecule has 1 N–H and O–H groups in total. The summed E-state index contributed by atoms with van der Waals surface area (Å²) in [4.78, 5) is 7.30. The first-order valence-electron chi connectivity index (χ1n) is 5.14. The topological polar surface area (TPSA) is 95.7 Å². The fourth-order valence-electron chi connectivity index (χ4n) is 1.35. The van der Waals surface area contributed by atoms with E-state index in [9.17, 15) is 8.42 Å². The van der Waals surface area contributed by atoms with Crippen LogP contribution in [-0.2, 0) is 10.0 Å². The molecule has 6 nitrogen and oxygen atoms in total. The van der Waals surface area contributed by atoms with E-state index in [1.54, 1.807) is 0 Å². The van der Waals surface area contributed by atoms with Crippen LogP contribution >= 0.6 is 23.2 Å². The van der Waals surface area contributed by atoms with Crippen LogP contribution in [0.1, 0.15) is 5.56 Å². The van der Waals surface area contributed by atoms with E-state index in [1.807, 2.05) is 6.07 Å². The van der Waals surface area contributed by atoms with Crippen molar-refractivity contribution < 1.29 is 8.42 Å². The minimum atomic E-state index is -3.84. The van der Waals surface area contributed by atoms with Gasteiger partial charge in [0.25, 0.3) is 10.0 Å². The molecule has 0 saturated carbocycles. The van der Waals surface area contributed by atoms with Gasteiger partial charge in [0.2, 0.25) is 5.28 Å². The van der Waals surface area contributed by atoms with Crippen molar-refractivity contribution in [2.75, 3.05) is 4.72 Å². The van der Waals surface area contributed by atoms with Gasteiger partial charge >= 0.3 is 0 Å². The molecule has 0 saturated heterocycles. The summed E-state index contributed by atoms with van der Waals surface area (Å²) in [5, 5.41) is 8.51. The molecule has 20 heavy (non-hydrogen) atoms. The second-order valence-corrected chi connectivity index (χ2v) is 5.99. The number of hydrogen-bond acceptors (Lipinski definition) is 5. The summed E-state index contributed by atoms with van der Waals surface area (Å²) < 4.78 is 26.4. The number of anilines is 1. The molecular weight excluding hydrogens is 323 g/mol. The molecule has 1 heterocycles. The molecule has 1 aromatic heterocycles. The van der Waals surface area contributed by atoms with E-state index < -0.39 is 10.0 Å². The Balaban J connectivity index is 2.33. The van der Waals surface area contributed by atoms with Gasteiger partial charge in [0.05, 0.1) is 16.5 Å². The van der Waals surface area contributed by atoms with Gasteiger partial charge in [-0.1, -0.05) is 11.6 Å². The Hall–Kier alpha value is -1.88. The number of nitrogens with zero attached hydrogens (tertiary/aromatic N) is 3. The fraction of sp³-hybridized carbons (Fsp3) is 0. The molecule has 0 unspecified atom stereocenters. The van der Waals surface area contributed by atoms with Gasteiger partial charge in [-0.2, -0.15) is 10.2 Å². The monoisotopic (exact) mass is 328 g/mol. The van der Waals surface area contributed by atoms with Crippen LogP contribution in [0.25, 0.3) is 0 Å². The summed E-state index contributed by atoms with van der Waals surface area (Å²) in [6.07, 6.45) is 0. The molecule has 2 aromatic rings. The van der Waals surface area contributed by atoms with Crippen LogP contribution < -0.4 is 4.72 Å². The molecule has 0 radical (unpaired) electrons. The standard InChI is InChI=1S/C11H6Cl2N4O2S/c12-9-5-10(16-11(13)15-9)17-20(18,19)8-3-1-7(6-14)2-4-8/h1-5H,(H,15,16,17). The highest BCUT2D eigenvalue weighted by Gasteiger charge is 2.15. The summed E-state index contributed by atoms with van der Waals surface area (Å²) in [7, 11) is -3.84. The van der Waals surface area contributed by atoms with E-state index in [-0.39, 0.29) is 21.2 Å². The third-order valence-electron chi connectivity index (χ3n) is 2.20. The first kappa shape index (κ1) is 14.5. The molecule has 0 spiro atoms. The molecule has 9 heteroatoms. The molecule has 0 aliphatic heterocycles. The molecule has 0 atom stereocenters. The lowest BCUT2D eigenvalue weighted by Gasteiger charge is -2.07. The van der Waals surface area contributed by atoms with Gasteiger partial charge in [0, 0.05) is 6.07 Å². The van der Waals surface area contributed by atoms with E-state index in [4.69, 9.17) is 28.5 Å². The van der Waals surface area contributed by atoms with Gasteiger partial charge in [0.1, 0.15) is 11.0 Å². The number of hydrogen-bond donors (Lipinski definition) is 1. The lowest BCUT2D eigenvalue weighted by atomic mass is 10.2. The number of benzene rings is 1. The molecule has 2 rings (SSSR count). The third-order valence-corrected chi connectivity index (χ3v) is 3.93. The molecular formula is C11H6Cl2N4O2S. The number of nitriles is 1. The minimum absolute atomic E-state index is 0.0117. The van der Waals surface area contributed by atoms with Crippen LogP contribution in [-0.4, -0.2) is 18.4 Å². The molecule has 0 fully saturated rings. The normalized spacial score (nSPS) is 10.8. The smallest absolute Gasteiger partial charge is 0.263 e. The van der Waals surface area contributed by atoms with Crippen molar-refractivity contribution in [2.24, 2.45) is 0 Å². The SMILES string of the molecule is N#Cc1ccc(S(=O)(=O)Nc2cc(Cl)nc(Cl)n2)cc1. The van der Waals surface area contributed by atoms with Crippen molar-refractivity contribution in [3.63, 3.8) is 0 Å². The summed E-state index contributed by atoms with van der Waals surface area (Å²) in [5.41, 5.74) is 0.358. The van der Waals surface area contributed by atoms with E-state index >= 15 is 0 Å². The number of aromatic nitrogens is 2. The summed E-state index contributed by atoms with van der Waals surface area (Å²) in [6, 6.07) is 8.55. The van der Waals surface area contributed by atoms with Crippen molar-refractivity contribution in [3.05, 3.63) is 46.3 Å². The maximum absolute atomic E-state index is 12.1. The highest BCUT2D eigenvalue weighted by atomic mass is 35.5. The molecule has 0 aliphatic rings. The summed E-state index contributed by atoms with van der Waals surface area (Å²) in [5.74, 6) is -0.0423. The predicted octanol–water partition coefficient (Wildman–Crippen LogP) is 2.46. The van der Waals surface area contributed by atoms with Gasteiger partial charge in [-0.25, -0.2) is 13.4 Å². The van der Waals surface area contributed by atoms with Crippen molar-refractivity contribution in [3.8, 4) is 6.07 Å². The Morgan fingerprint density at radius 1 is 1.15 bits per heavy atom. The van der Waals surface area contributed by atoms with E-state index in [1.165, 1.54) is 30.3 Å². The summed E-state index contributed by atoms with van der Waals surface area (Å²) >= 11 is 11.2. The Kier molecular flexibility index (Phi) is 4.09. The molecule has 1 aromatic carbocycles. The molecule has 102 valence electrons. The Labute approximate surface area is 125 Å².